The summed E-state index contributed by atoms with van der Waals surface area (Å²) in [4.78, 5) is 13.9. The van der Waals surface area contributed by atoms with Crippen LogP contribution in [0.1, 0.15) is 12.0 Å². The number of rotatable bonds is 4. The minimum absolute atomic E-state index is 0.254. The van der Waals surface area contributed by atoms with Crippen molar-refractivity contribution >= 4 is 5.78 Å². The predicted octanol–water partition coefficient (Wildman–Crippen LogP) is 0.831. The monoisotopic (exact) mass is 218 g/mol. The Labute approximate surface area is 96.2 Å². The maximum Gasteiger partial charge on any atom is 0.151 e. The Balaban J connectivity index is 1.81. The Morgan fingerprint density at radius 1 is 1.38 bits per heavy atom. The van der Waals surface area contributed by atoms with Crippen molar-refractivity contribution in [3.63, 3.8) is 0 Å². The first kappa shape index (κ1) is 11.3. The van der Waals surface area contributed by atoms with Crippen molar-refractivity contribution in [3.8, 4) is 0 Å². The van der Waals surface area contributed by atoms with Crippen molar-refractivity contribution in [2.45, 2.75) is 18.9 Å². The smallest absolute Gasteiger partial charge is 0.151 e. The first-order valence-electron chi connectivity index (χ1n) is 5.77. The molecule has 1 atom stereocenters. The third kappa shape index (κ3) is 3.15. The summed E-state index contributed by atoms with van der Waals surface area (Å²) >= 11 is 0. The zero-order chi connectivity index (χ0) is 11.4. The maximum atomic E-state index is 11.8. The Hall–Kier alpha value is -1.19. The lowest BCUT2D eigenvalue weighted by molar-refractivity contribution is -0.119. The number of hydrogen-bond donors (Lipinski definition) is 1. The lowest BCUT2D eigenvalue weighted by atomic mass is 10.1. The highest BCUT2D eigenvalue weighted by atomic mass is 16.1. The number of benzene rings is 1. The van der Waals surface area contributed by atoms with Gasteiger partial charge < -0.3 is 5.73 Å². The van der Waals surface area contributed by atoms with E-state index in [2.05, 4.69) is 4.90 Å². The fourth-order valence-corrected chi connectivity index (χ4v) is 2.14. The molecule has 1 aliphatic rings. The van der Waals surface area contributed by atoms with Gasteiger partial charge in [-0.2, -0.15) is 0 Å². The topological polar surface area (TPSA) is 46.3 Å². The number of hydrogen-bond acceptors (Lipinski definition) is 3. The van der Waals surface area contributed by atoms with Crippen molar-refractivity contribution in [1.29, 1.82) is 0 Å². The molecule has 0 aliphatic carbocycles. The quantitative estimate of drug-likeness (QED) is 0.814. The van der Waals surface area contributed by atoms with E-state index in [1.807, 2.05) is 30.3 Å². The van der Waals surface area contributed by atoms with E-state index in [9.17, 15) is 4.79 Å². The molecule has 0 spiro atoms. The zero-order valence-electron chi connectivity index (χ0n) is 9.43. The lowest BCUT2D eigenvalue weighted by Crippen LogP contribution is -2.31. The molecule has 1 saturated heterocycles. The van der Waals surface area contributed by atoms with Crippen LogP contribution in [-0.4, -0.2) is 36.4 Å². The van der Waals surface area contributed by atoms with Crippen LogP contribution in [0.15, 0.2) is 30.3 Å². The number of nitrogens with two attached hydrogens (primary N) is 1. The Kier molecular flexibility index (Phi) is 3.70. The van der Waals surface area contributed by atoms with Crippen LogP contribution < -0.4 is 5.73 Å². The average molecular weight is 218 g/mol. The van der Waals surface area contributed by atoms with Crippen LogP contribution in [0.25, 0.3) is 0 Å². The van der Waals surface area contributed by atoms with Gasteiger partial charge >= 0.3 is 0 Å². The average Bonchev–Trinajstić information content (AvgIpc) is 2.65. The summed E-state index contributed by atoms with van der Waals surface area (Å²) in [6, 6.07) is 10.1. The fraction of sp³-hybridized carbons (Fsp3) is 0.462. The largest absolute Gasteiger partial charge is 0.326 e. The van der Waals surface area contributed by atoms with Gasteiger partial charge in [-0.15, -0.1) is 0 Å². The molecule has 0 bridgehead atoms. The van der Waals surface area contributed by atoms with E-state index in [-0.39, 0.29) is 11.8 Å². The molecule has 2 rings (SSSR count). The molecule has 1 fully saturated rings. The van der Waals surface area contributed by atoms with E-state index >= 15 is 0 Å². The summed E-state index contributed by atoms with van der Waals surface area (Å²) in [5.41, 5.74) is 6.89. The first-order chi connectivity index (χ1) is 7.74. The van der Waals surface area contributed by atoms with Gasteiger partial charge in [0.05, 0.1) is 6.54 Å². The molecule has 1 unspecified atom stereocenters. The molecule has 2 N–H and O–H groups in total. The molecule has 1 heterocycles. The predicted molar refractivity (Wildman–Crippen MR) is 64.2 cm³/mol. The molecule has 3 nitrogen and oxygen atoms in total. The molecule has 1 aliphatic heterocycles. The van der Waals surface area contributed by atoms with Crippen LogP contribution >= 0.6 is 0 Å². The van der Waals surface area contributed by atoms with Crippen LogP contribution in [0, 0.1) is 0 Å². The molecule has 1 aromatic carbocycles. The Morgan fingerprint density at radius 2 is 2.12 bits per heavy atom. The van der Waals surface area contributed by atoms with Gasteiger partial charge in [-0.1, -0.05) is 30.3 Å². The highest BCUT2D eigenvalue weighted by Gasteiger charge is 2.20. The Bertz CT molecular complexity index is 350. The number of ketones is 1. The summed E-state index contributed by atoms with van der Waals surface area (Å²) in [5, 5.41) is 0. The highest BCUT2D eigenvalue weighted by Crippen LogP contribution is 2.07. The summed E-state index contributed by atoms with van der Waals surface area (Å²) < 4.78 is 0. The van der Waals surface area contributed by atoms with Gasteiger partial charge in [0.1, 0.15) is 0 Å². The fourth-order valence-electron chi connectivity index (χ4n) is 2.14. The van der Waals surface area contributed by atoms with Crippen molar-refractivity contribution in [2.75, 3.05) is 19.6 Å². The van der Waals surface area contributed by atoms with Gasteiger partial charge in [-0.25, -0.2) is 0 Å². The molecule has 0 saturated carbocycles. The molecule has 0 radical (unpaired) electrons. The molecular formula is C13H18N2O. The van der Waals surface area contributed by atoms with E-state index < -0.39 is 0 Å². The number of nitrogens with zero attached hydrogens (tertiary/aromatic N) is 1. The molecular weight excluding hydrogens is 200 g/mol. The Morgan fingerprint density at radius 3 is 2.75 bits per heavy atom. The SMILES string of the molecule is NC1CCN(CC(=O)Cc2ccccc2)C1. The van der Waals surface area contributed by atoms with Crippen molar-refractivity contribution in [1.82, 2.24) is 4.90 Å². The molecule has 1 aromatic rings. The number of likely N-dealkylation sites (tertiary alicyclic amines) is 1. The zero-order valence-corrected chi connectivity index (χ0v) is 9.43. The van der Waals surface area contributed by atoms with Crippen LogP contribution in [0.5, 0.6) is 0 Å². The second kappa shape index (κ2) is 5.23. The molecule has 0 amide bonds. The third-order valence-corrected chi connectivity index (χ3v) is 2.95. The van der Waals surface area contributed by atoms with Crippen molar-refractivity contribution in [2.24, 2.45) is 5.73 Å². The van der Waals surface area contributed by atoms with Crippen LogP contribution in [0.4, 0.5) is 0 Å². The normalized spacial score (nSPS) is 21.2. The number of carbonyl (C=O) groups is 1. The minimum Gasteiger partial charge on any atom is -0.326 e. The standard InChI is InChI=1S/C13H18N2O/c14-12-6-7-15(9-12)10-13(16)8-11-4-2-1-3-5-11/h1-5,12H,6-10,14H2. The van der Waals surface area contributed by atoms with Gasteiger partial charge in [0, 0.05) is 25.6 Å². The molecule has 0 aromatic heterocycles. The van der Waals surface area contributed by atoms with E-state index in [0.717, 1.165) is 25.1 Å². The second-order valence-corrected chi connectivity index (χ2v) is 4.48. The lowest BCUT2D eigenvalue weighted by Gasteiger charge is -2.13. The van der Waals surface area contributed by atoms with E-state index in [4.69, 9.17) is 5.73 Å². The van der Waals surface area contributed by atoms with Gasteiger partial charge in [0.15, 0.2) is 5.78 Å². The van der Waals surface area contributed by atoms with Crippen molar-refractivity contribution < 1.29 is 4.79 Å². The van der Waals surface area contributed by atoms with Crippen LogP contribution in [-0.2, 0) is 11.2 Å². The summed E-state index contributed by atoms with van der Waals surface area (Å²) in [6.07, 6.45) is 1.55. The van der Waals surface area contributed by atoms with E-state index in [0.29, 0.717) is 13.0 Å². The van der Waals surface area contributed by atoms with Gasteiger partial charge in [0.25, 0.3) is 0 Å². The van der Waals surface area contributed by atoms with Gasteiger partial charge in [0.2, 0.25) is 0 Å². The maximum absolute atomic E-state index is 11.8. The van der Waals surface area contributed by atoms with E-state index in [1.165, 1.54) is 0 Å². The molecule has 86 valence electrons. The summed E-state index contributed by atoms with van der Waals surface area (Å²) in [6.45, 7) is 2.37. The van der Waals surface area contributed by atoms with Crippen LogP contribution in [0.3, 0.4) is 0 Å². The van der Waals surface area contributed by atoms with Gasteiger partial charge in [-0.05, 0) is 12.0 Å². The number of Topliss-reactive ketones (excluding diaryl/α,β-unsaturated/α-hetero) is 1. The molecule has 3 heteroatoms. The van der Waals surface area contributed by atoms with Crippen molar-refractivity contribution in [3.05, 3.63) is 35.9 Å². The third-order valence-electron chi connectivity index (χ3n) is 2.95. The molecule has 16 heavy (non-hydrogen) atoms. The van der Waals surface area contributed by atoms with E-state index in [1.54, 1.807) is 0 Å². The summed E-state index contributed by atoms with van der Waals surface area (Å²) in [7, 11) is 0. The minimum atomic E-state index is 0.254. The second-order valence-electron chi connectivity index (χ2n) is 4.48. The van der Waals surface area contributed by atoms with Crippen LogP contribution in [0.2, 0.25) is 0 Å². The summed E-state index contributed by atoms with van der Waals surface area (Å²) in [5.74, 6) is 0.278. The first-order valence-corrected chi connectivity index (χ1v) is 5.77. The highest BCUT2D eigenvalue weighted by molar-refractivity contribution is 5.82. The number of carbonyl (C=O) groups excluding carboxylic acids is 1. The van der Waals surface area contributed by atoms with Gasteiger partial charge in [-0.3, -0.25) is 9.69 Å².